The lowest BCUT2D eigenvalue weighted by Crippen LogP contribution is -2.24. The van der Waals surface area contributed by atoms with Gasteiger partial charge in [-0.25, -0.2) is 29.8 Å². The second kappa shape index (κ2) is 10.3. The Morgan fingerprint density at radius 3 is 1.82 bits per heavy atom. The number of hydrogen-bond acceptors (Lipinski definition) is 8. The summed E-state index contributed by atoms with van der Waals surface area (Å²) in [5, 5.41) is 13.6. The number of H-pyrrole nitrogens is 2. The molecular formula is C24H17ClF3N9O3. The van der Waals surface area contributed by atoms with Gasteiger partial charge in [-0.05, 0) is 36.2 Å². The summed E-state index contributed by atoms with van der Waals surface area (Å²) in [6.07, 6.45) is -0.0431. The Morgan fingerprint density at radius 2 is 1.35 bits per heavy atom. The molecule has 0 atom stereocenters. The molecule has 0 bridgehead atoms. The molecule has 0 radical (unpaired) electrons. The van der Waals surface area contributed by atoms with Gasteiger partial charge in [0.2, 0.25) is 0 Å². The van der Waals surface area contributed by atoms with Crippen molar-refractivity contribution in [1.29, 1.82) is 0 Å². The molecule has 0 aliphatic rings. The molecule has 40 heavy (non-hydrogen) atoms. The highest BCUT2D eigenvalue weighted by Gasteiger charge is 2.31. The van der Waals surface area contributed by atoms with E-state index in [4.69, 9.17) is 16.3 Å². The van der Waals surface area contributed by atoms with E-state index in [1.807, 2.05) is 0 Å². The van der Waals surface area contributed by atoms with Crippen molar-refractivity contribution < 1.29 is 17.9 Å². The molecular weight excluding hydrogens is 555 g/mol. The Kier molecular flexibility index (Phi) is 6.81. The van der Waals surface area contributed by atoms with Crippen molar-refractivity contribution in [2.75, 3.05) is 7.11 Å². The number of ether oxygens (including phenoxy) is 1. The summed E-state index contributed by atoms with van der Waals surface area (Å²) >= 11 is 6.04. The molecule has 0 unspecified atom stereocenters. The number of aryl methyl sites for hydroxylation is 1. The number of fused-ring (bicyclic) bond motifs is 3. The third-order valence-corrected chi connectivity index (χ3v) is 5.88. The van der Waals surface area contributed by atoms with Crippen LogP contribution >= 0.6 is 11.6 Å². The van der Waals surface area contributed by atoms with Crippen LogP contribution in [0.2, 0.25) is 5.02 Å². The van der Waals surface area contributed by atoms with Crippen LogP contribution in [-0.2, 0) is 6.18 Å². The van der Waals surface area contributed by atoms with Crippen LogP contribution < -0.4 is 16.1 Å². The lowest BCUT2D eigenvalue weighted by atomic mass is 9.98. The molecule has 0 aliphatic heterocycles. The number of pyridine rings is 1. The maximum Gasteiger partial charge on any atom is 0.433 e. The monoisotopic (exact) mass is 571 g/mol. The van der Waals surface area contributed by atoms with Gasteiger partial charge in [-0.15, -0.1) is 0 Å². The van der Waals surface area contributed by atoms with E-state index < -0.39 is 23.2 Å². The lowest BCUT2D eigenvalue weighted by Gasteiger charge is -2.12. The first-order valence-corrected chi connectivity index (χ1v) is 11.7. The highest BCUT2D eigenvalue weighted by atomic mass is 35.5. The third-order valence-electron chi connectivity index (χ3n) is 5.63. The summed E-state index contributed by atoms with van der Waals surface area (Å²) in [4.78, 5) is 36.3. The number of halogens is 4. The molecule has 1 aromatic carbocycles. The fraction of sp³-hybridized carbons (Fsp3) is 0.125. The van der Waals surface area contributed by atoms with E-state index in [0.717, 1.165) is 20.7 Å². The minimum absolute atomic E-state index is 0.189. The van der Waals surface area contributed by atoms with Crippen LogP contribution in [0.3, 0.4) is 0 Å². The summed E-state index contributed by atoms with van der Waals surface area (Å²) in [7, 11) is 1.46. The van der Waals surface area contributed by atoms with Crippen molar-refractivity contribution in [3.05, 3.63) is 92.2 Å². The first kappa shape index (κ1) is 26.6. The molecule has 0 aliphatic carbocycles. The van der Waals surface area contributed by atoms with Crippen LogP contribution in [0.15, 0.2) is 64.6 Å². The molecule has 5 heterocycles. The quantitative estimate of drug-likeness (QED) is 0.328. The topological polar surface area (TPSA) is 148 Å². The van der Waals surface area contributed by atoms with Gasteiger partial charge in [0.1, 0.15) is 5.69 Å². The van der Waals surface area contributed by atoms with Gasteiger partial charge in [0.15, 0.2) is 11.3 Å². The van der Waals surface area contributed by atoms with Gasteiger partial charge in [-0.2, -0.15) is 32.4 Å². The maximum atomic E-state index is 12.4. The fourth-order valence-corrected chi connectivity index (χ4v) is 3.98. The number of rotatable bonds is 3. The van der Waals surface area contributed by atoms with E-state index in [9.17, 15) is 22.8 Å². The molecule has 0 amide bonds. The lowest BCUT2D eigenvalue weighted by molar-refractivity contribution is -0.141. The van der Waals surface area contributed by atoms with Crippen LogP contribution in [0.4, 0.5) is 13.2 Å². The summed E-state index contributed by atoms with van der Waals surface area (Å²) in [5.74, 6) is 0. The van der Waals surface area contributed by atoms with E-state index in [1.54, 1.807) is 43.6 Å². The summed E-state index contributed by atoms with van der Waals surface area (Å²) in [6, 6.07) is 9.54. The molecule has 5 aromatic heterocycles. The van der Waals surface area contributed by atoms with E-state index in [1.165, 1.54) is 19.4 Å². The third kappa shape index (κ3) is 4.89. The molecule has 6 rings (SSSR count). The number of nitrogens with zero attached hydrogens (tertiary/aromatic N) is 7. The van der Waals surface area contributed by atoms with Crippen molar-refractivity contribution in [3.63, 3.8) is 0 Å². The van der Waals surface area contributed by atoms with Crippen LogP contribution in [-0.4, -0.2) is 51.5 Å². The Balaban J connectivity index is 0.000000248. The van der Waals surface area contributed by atoms with Crippen molar-refractivity contribution >= 4 is 22.9 Å². The molecule has 0 saturated carbocycles. The Morgan fingerprint density at radius 1 is 0.800 bits per heavy atom. The second-order valence-corrected chi connectivity index (χ2v) is 8.70. The largest absolute Gasteiger partial charge is 0.467 e. The number of aromatic amines is 2. The van der Waals surface area contributed by atoms with Gasteiger partial charge in [0, 0.05) is 40.3 Å². The highest BCUT2D eigenvalue weighted by molar-refractivity contribution is 6.30. The van der Waals surface area contributed by atoms with Crippen LogP contribution in [0, 0.1) is 6.92 Å². The number of hydrogen-bond donors (Lipinski definition) is 2. The molecule has 12 nitrogen and oxygen atoms in total. The van der Waals surface area contributed by atoms with Crippen LogP contribution in [0.25, 0.3) is 33.5 Å². The zero-order chi connectivity index (χ0) is 28.6. The molecule has 16 heteroatoms. The first-order chi connectivity index (χ1) is 19.1. The number of alkyl halides is 3. The Bertz CT molecular complexity index is 1930. The van der Waals surface area contributed by atoms with Crippen LogP contribution in [0.5, 0.6) is 6.01 Å². The minimum Gasteiger partial charge on any atom is -0.467 e. The maximum absolute atomic E-state index is 12.4. The Hall–Kier alpha value is -5.05. The molecule has 204 valence electrons. The van der Waals surface area contributed by atoms with Crippen molar-refractivity contribution in [2.24, 2.45) is 0 Å². The Labute approximate surface area is 226 Å². The SMILES string of the molecule is COc1ncc(-c2c(-c3ccc(Cl)cc3)c3n[nH]c(=O)n3n3c(=O)[nH]nc23)cn1.Cc1ccc(C(F)(F)F)nc1. The molecule has 0 spiro atoms. The smallest absolute Gasteiger partial charge is 0.433 e. The van der Waals surface area contributed by atoms with Gasteiger partial charge >= 0.3 is 23.6 Å². The average Bonchev–Trinajstić information content (AvgIpc) is 3.51. The zero-order valence-corrected chi connectivity index (χ0v) is 21.3. The zero-order valence-electron chi connectivity index (χ0n) is 20.6. The van der Waals surface area contributed by atoms with E-state index in [0.29, 0.717) is 27.3 Å². The number of methoxy groups -OCH3 is 1. The fourth-order valence-electron chi connectivity index (χ4n) is 3.85. The van der Waals surface area contributed by atoms with E-state index >= 15 is 0 Å². The minimum atomic E-state index is -4.33. The number of benzene rings is 1. The van der Waals surface area contributed by atoms with Crippen molar-refractivity contribution in [1.82, 2.24) is 44.4 Å². The summed E-state index contributed by atoms with van der Waals surface area (Å²) in [5.41, 5.74) is 1.48. The highest BCUT2D eigenvalue weighted by Crippen LogP contribution is 2.37. The molecule has 0 fully saturated rings. The predicted octanol–water partition coefficient (Wildman–Crippen LogP) is 3.55. The molecule has 6 aromatic rings. The van der Waals surface area contributed by atoms with Crippen molar-refractivity contribution in [2.45, 2.75) is 13.1 Å². The average molecular weight is 572 g/mol. The summed E-state index contributed by atoms with van der Waals surface area (Å²) < 4.78 is 42.8. The molecule has 2 N–H and O–H groups in total. The van der Waals surface area contributed by atoms with Crippen molar-refractivity contribution in [3.8, 4) is 28.3 Å². The van der Waals surface area contributed by atoms with Gasteiger partial charge in [-0.3, -0.25) is 4.98 Å². The van der Waals surface area contributed by atoms with E-state index in [2.05, 4.69) is 35.3 Å². The number of nitrogens with one attached hydrogen (secondary N) is 2. The van der Waals surface area contributed by atoms with E-state index in [-0.39, 0.29) is 17.3 Å². The van der Waals surface area contributed by atoms with Gasteiger partial charge < -0.3 is 4.74 Å². The van der Waals surface area contributed by atoms with Crippen LogP contribution in [0.1, 0.15) is 11.3 Å². The predicted molar refractivity (Wildman–Crippen MR) is 137 cm³/mol. The van der Waals surface area contributed by atoms with Gasteiger partial charge in [-0.1, -0.05) is 29.8 Å². The van der Waals surface area contributed by atoms with Gasteiger partial charge in [0.05, 0.1) is 7.11 Å². The molecule has 0 saturated heterocycles. The number of aromatic nitrogens is 9. The standard InChI is InChI=1S/C17H11ClN8O3.C7H6F3N/c1-29-15-19-6-9(7-20-15)12-11(8-2-4-10(18)5-3-8)13-21-23-16(27)25(13)26-14(12)22-24-17(26)28;1-5-2-3-6(11-4-5)7(8,9)10/h2-7H,1H3,(H,23,27)(H,24,28);2-4H,1H3. The second-order valence-electron chi connectivity index (χ2n) is 8.26. The normalized spacial score (nSPS) is 11.4. The first-order valence-electron chi connectivity index (χ1n) is 11.3. The summed E-state index contributed by atoms with van der Waals surface area (Å²) in [6.45, 7) is 1.69. The van der Waals surface area contributed by atoms with Gasteiger partial charge in [0.25, 0.3) is 0 Å².